The Morgan fingerprint density at radius 1 is 1.57 bits per heavy atom. The van der Waals surface area contributed by atoms with Crippen molar-refractivity contribution in [3.05, 3.63) is 55.5 Å². The number of thiazole rings is 1. The lowest BCUT2D eigenvalue weighted by Crippen LogP contribution is -2.28. The summed E-state index contributed by atoms with van der Waals surface area (Å²) in [7, 11) is 0. The molecule has 1 aromatic heterocycles. The minimum atomic E-state index is -0.602. The Morgan fingerprint density at radius 3 is 2.90 bits per heavy atom. The number of amides is 1. The zero-order valence-corrected chi connectivity index (χ0v) is 12.6. The fraction of sp³-hybridized carbons (Fsp3) is 0.231. The van der Waals surface area contributed by atoms with Crippen molar-refractivity contribution in [3.63, 3.8) is 0 Å². The highest BCUT2D eigenvalue weighted by Gasteiger charge is 2.23. The second-order valence-electron chi connectivity index (χ2n) is 4.22. The summed E-state index contributed by atoms with van der Waals surface area (Å²) in [4.78, 5) is 26.8. The summed E-state index contributed by atoms with van der Waals surface area (Å²) in [5.41, 5.74) is -0.326. The number of rotatable bonds is 5. The van der Waals surface area contributed by atoms with E-state index in [0.717, 1.165) is 5.01 Å². The first kappa shape index (κ1) is 15.4. The molecule has 0 bridgehead atoms. The number of hydrogen-bond donors (Lipinski definition) is 1. The van der Waals surface area contributed by atoms with Crippen LogP contribution in [0.5, 0.6) is 0 Å². The quantitative estimate of drug-likeness (QED) is 0.672. The maximum atomic E-state index is 12.3. The van der Waals surface area contributed by atoms with Crippen LogP contribution < -0.4 is 5.32 Å². The first-order valence-corrected chi connectivity index (χ1v) is 7.43. The van der Waals surface area contributed by atoms with Crippen molar-refractivity contribution < 1.29 is 9.72 Å². The Hall–Kier alpha value is -1.99. The van der Waals surface area contributed by atoms with Gasteiger partial charge in [0.1, 0.15) is 10.6 Å². The molecule has 0 spiro atoms. The van der Waals surface area contributed by atoms with Gasteiger partial charge in [0.2, 0.25) is 0 Å². The molecule has 0 saturated carbocycles. The van der Waals surface area contributed by atoms with Crippen LogP contribution in [0.1, 0.15) is 34.8 Å². The van der Waals surface area contributed by atoms with E-state index in [-0.39, 0.29) is 22.3 Å². The van der Waals surface area contributed by atoms with E-state index in [0.29, 0.717) is 6.42 Å². The molecule has 1 heterocycles. The largest absolute Gasteiger partial charge is 0.343 e. The summed E-state index contributed by atoms with van der Waals surface area (Å²) in [6, 6.07) is 3.62. The molecule has 110 valence electrons. The average Bonchev–Trinajstić information content (AvgIpc) is 2.98. The van der Waals surface area contributed by atoms with Gasteiger partial charge in [0.25, 0.3) is 11.6 Å². The first-order chi connectivity index (χ1) is 10.0. The Morgan fingerprint density at radius 2 is 2.33 bits per heavy atom. The molecule has 1 N–H and O–H groups in total. The summed E-state index contributed by atoms with van der Waals surface area (Å²) in [6.45, 7) is 1.90. The lowest BCUT2D eigenvalue weighted by Gasteiger charge is -2.14. The Labute approximate surface area is 129 Å². The van der Waals surface area contributed by atoms with Gasteiger partial charge in [-0.2, -0.15) is 0 Å². The molecule has 1 unspecified atom stereocenters. The number of hydrogen-bond acceptors (Lipinski definition) is 5. The van der Waals surface area contributed by atoms with Gasteiger partial charge in [-0.1, -0.05) is 18.5 Å². The molecule has 8 heteroatoms. The molecular weight excluding hydrogens is 314 g/mol. The van der Waals surface area contributed by atoms with E-state index in [1.807, 2.05) is 12.3 Å². The van der Waals surface area contributed by atoms with Crippen molar-refractivity contribution in [1.82, 2.24) is 10.3 Å². The molecule has 0 fully saturated rings. The summed E-state index contributed by atoms with van der Waals surface area (Å²) in [6.07, 6.45) is 2.28. The van der Waals surface area contributed by atoms with E-state index in [2.05, 4.69) is 10.3 Å². The molecule has 0 aliphatic heterocycles. The van der Waals surface area contributed by atoms with Crippen LogP contribution in [0.15, 0.2) is 29.8 Å². The third-order valence-electron chi connectivity index (χ3n) is 2.86. The van der Waals surface area contributed by atoms with Crippen LogP contribution in [0.25, 0.3) is 0 Å². The molecule has 0 radical (unpaired) electrons. The number of nitro benzene ring substituents is 1. The second kappa shape index (κ2) is 6.64. The fourth-order valence-electron chi connectivity index (χ4n) is 1.83. The summed E-state index contributed by atoms with van der Waals surface area (Å²) in [5.74, 6) is -0.536. The predicted molar refractivity (Wildman–Crippen MR) is 80.7 cm³/mol. The van der Waals surface area contributed by atoms with Gasteiger partial charge >= 0.3 is 0 Å². The first-order valence-electron chi connectivity index (χ1n) is 6.17. The number of nitro groups is 1. The third-order valence-corrected chi connectivity index (χ3v) is 3.99. The fourth-order valence-corrected chi connectivity index (χ4v) is 2.78. The maximum absolute atomic E-state index is 12.3. The number of nitrogens with one attached hydrogen (secondary N) is 1. The minimum absolute atomic E-state index is 0.0532. The Balaban J connectivity index is 2.27. The SMILES string of the molecule is CCC(NC(=O)c1cc(Cl)ccc1[N+](=O)[O-])c1nccs1. The van der Waals surface area contributed by atoms with Crippen molar-refractivity contribution in [2.24, 2.45) is 0 Å². The topological polar surface area (TPSA) is 85.1 Å². The molecule has 1 aromatic carbocycles. The number of carbonyl (C=O) groups excluding carboxylic acids is 1. The van der Waals surface area contributed by atoms with E-state index < -0.39 is 10.8 Å². The van der Waals surface area contributed by atoms with E-state index in [9.17, 15) is 14.9 Å². The monoisotopic (exact) mass is 325 g/mol. The van der Waals surface area contributed by atoms with Gasteiger partial charge in [-0.25, -0.2) is 4.98 Å². The molecule has 6 nitrogen and oxygen atoms in total. The third kappa shape index (κ3) is 3.56. The van der Waals surface area contributed by atoms with Crippen LogP contribution in [-0.2, 0) is 0 Å². The number of carbonyl (C=O) groups is 1. The predicted octanol–water partition coefficient (Wildman–Crippen LogP) is 3.59. The normalized spacial score (nSPS) is 11.9. The van der Waals surface area contributed by atoms with E-state index in [1.165, 1.54) is 29.5 Å². The van der Waals surface area contributed by atoms with Gasteiger partial charge < -0.3 is 5.32 Å². The van der Waals surface area contributed by atoms with Gasteiger partial charge in [-0.15, -0.1) is 11.3 Å². The summed E-state index contributed by atoms with van der Waals surface area (Å²) < 4.78 is 0. The molecule has 0 saturated heterocycles. The second-order valence-corrected chi connectivity index (χ2v) is 5.59. The van der Waals surface area contributed by atoms with Gasteiger partial charge in [-0.05, 0) is 18.6 Å². The van der Waals surface area contributed by atoms with E-state index >= 15 is 0 Å². The highest BCUT2D eigenvalue weighted by atomic mass is 35.5. The number of halogens is 1. The highest BCUT2D eigenvalue weighted by Crippen LogP contribution is 2.25. The van der Waals surface area contributed by atoms with Crippen molar-refractivity contribution >= 4 is 34.5 Å². The van der Waals surface area contributed by atoms with Crippen LogP contribution in [0.4, 0.5) is 5.69 Å². The van der Waals surface area contributed by atoms with Crippen molar-refractivity contribution in [1.29, 1.82) is 0 Å². The molecular formula is C13H12ClN3O3S. The highest BCUT2D eigenvalue weighted by molar-refractivity contribution is 7.09. The average molecular weight is 326 g/mol. The standard InChI is InChI=1S/C13H12ClN3O3S/c1-2-10(13-15-5-6-21-13)16-12(18)9-7-8(14)3-4-11(9)17(19)20/h3-7,10H,2H2,1H3,(H,16,18). The molecule has 1 amide bonds. The lowest BCUT2D eigenvalue weighted by molar-refractivity contribution is -0.385. The van der Waals surface area contributed by atoms with Crippen LogP contribution in [-0.4, -0.2) is 15.8 Å². The summed E-state index contributed by atoms with van der Waals surface area (Å²) in [5, 5.41) is 16.6. The molecule has 2 rings (SSSR count). The molecule has 1 atom stereocenters. The zero-order chi connectivity index (χ0) is 15.4. The van der Waals surface area contributed by atoms with Crippen LogP contribution in [0, 0.1) is 10.1 Å². The molecule has 21 heavy (non-hydrogen) atoms. The smallest absolute Gasteiger partial charge is 0.282 e. The zero-order valence-electron chi connectivity index (χ0n) is 11.1. The lowest BCUT2D eigenvalue weighted by atomic mass is 10.1. The minimum Gasteiger partial charge on any atom is -0.343 e. The van der Waals surface area contributed by atoms with Crippen LogP contribution >= 0.6 is 22.9 Å². The maximum Gasteiger partial charge on any atom is 0.282 e. The number of aromatic nitrogens is 1. The van der Waals surface area contributed by atoms with Gasteiger partial charge in [0.05, 0.1) is 11.0 Å². The van der Waals surface area contributed by atoms with Crippen molar-refractivity contribution in [3.8, 4) is 0 Å². The Bertz CT molecular complexity index is 661. The Kier molecular flexibility index (Phi) is 4.87. The van der Waals surface area contributed by atoms with Crippen LogP contribution in [0.2, 0.25) is 5.02 Å². The number of nitrogens with zero attached hydrogens (tertiary/aromatic N) is 2. The van der Waals surface area contributed by atoms with Crippen molar-refractivity contribution in [2.45, 2.75) is 19.4 Å². The van der Waals surface area contributed by atoms with Gasteiger partial charge in [-0.3, -0.25) is 14.9 Å². The van der Waals surface area contributed by atoms with Gasteiger partial charge in [0, 0.05) is 22.7 Å². The van der Waals surface area contributed by atoms with Gasteiger partial charge in [0.15, 0.2) is 0 Å². The summed E-state index contributed by atoms with van der Waals surface area (Å²) >= 11 is 7.24. The number of benzene rings is 1. The molecule has 2 aromatic rings. The molecule has 0 aliphatic rings. The van der Waals surface area contributed by atoms with Crippen molar-refractivity contribution in [2.75, 3.05) is 0 Å². The van der Waals surface area contributed by atoms with E-state index in [4.69, 9.17) is 11.6 Å². The molecule has 0 aliphatic carbocycles. The van der Waals surface area contributed by atoms with E-state index in [1.54, 1.807) is 6.20 Å². The van der Waals surface area contributed by atoms with Crippen LogP contribution in [0.3, 0.4) is 0 Å².